The third kappa shape index (κ3) is 4.34. The van der Waals surface area contributed by atoms with Gasteiger partial charge in [0.2, 0.25) is 5.88 Å². The minimum Gasteiger partial charge on any atom is -0.467 e. The van der Waals surface area contributed by atoms with Gasteiger partial charge in [0.05, 0.1) is 0 Å². The summed E-state index contributed by atoms with van der Waals surface area (Å²) in [6, 6.07) is 2.96. The highest BCUT2D eigenvalue weighted by Crippen LogP contribution is 2.23. The number of nitrogens with zero attached hydrogens (tertiary/aromatic N) is 2. The standard InChI is InChI=1S/C14H17F3N2O2/c1-10-4-7-19(8-5-10)13(20)11-3-2-6-18-12(11)21-9-14(15,16)17/h2-3,6,10H,4-5,7-9H2,1H3. The first-order valence-electron chi connectivity index (χ1n) is 6.80. The molecule has 0 aromatic carbocycles. The van der Waals surface area contributed by atoms with Crippen molar-refractivity contribution in [2.24, 2.45) is 5.92 Å². The van der Waals surface area contributed by atoms with Gasteiger partial charge in [-0.15, -0.1) is 0 Å². The lowest BCUT2D eigenvalue weighted by molar-refractivity contribution is -0.154. The summed E-state index contributed by atoms with van der Waals surface area (Å²) in [7, 11) is 0. The van der Waals surface area contributed by atoms with Gasteiger partial charge in [-0.3, -0.25) is 4.79 Å². The molecule has 0 atom stereocenters. The molecule has 21 heavy (non-hydrogen) atoms. The Labute approximate surface area is 120 Å². The van der Waals surface area contributed by atoms with Gasteiger partial charge in [-0.1, -0.05) is 6.92 Å². The van der Waals surface area contributed by atoms with Gasteiger partial charge in [-0.25, -0.2) is 4.98 Å². The van der Waals surface area contributed by atoms with Crippen molar-refractivity contribution in [2.45, 2.75) is 25.9 Å². The normalized spacial score (nSPS) is 16.9. The van der Waals surface area contributed by atoms with Crippen LogP contribution in [0.15, 0.2) is 18.3 Å². The van der Waals surface area contributed by atoms with Crippen LogP contribution in [0.2, 0.25) is 0 Å². The average Bonchev–Trinajstić information content (AvgIpc) is 2.45. The Hall–Kier alpha value is -1.79. The first-order chi connectivity index (χ1) is 9.87. The van der Waals surface area contributed by atoms with Crippen LogP contribution < -0.4 is 4.74 Å². The monoisotopic (exact) mass is 302 g/mol. The second kappa shape index (κ2) is 6.32. The van der Waals surface area contributed by atoms with Crippen LogP contribution >= 0.6 is 0 Å². The molecule has 1 amide bonds. The number of alkyl halides is 3. The third-order valence-corrected chi connectivity index (χ3v) is 3.44. The average molecular weight is 302 g/mol. The zero-order valence-corrected chi connectivity index (χ0v) is 11.7. The molecule has 116 valence electrons. The van der Waals surface area contributed by atoms with E-state index in [0.29, 0.717) is 19.0 Å². The number of rotatable bonds is 3. The number of pyridine rings is 1. The predicted octanol–water partition coefficient (Wildman–Crippen LogP) is 2.89. The molecule has 1 aliphatic rings. The lowest BCUT2D eigenvalue weighted by atomic mass is 9.99. The van der Waals surface area contributed by atoms with Crippen LogP contribution in [0.3, 0.4) is 0 Å². The molecular formula is C14H17F3N2O2. The van der Waals surface area contributed by atoms with Crippen LogP contribution in [0, 0.1) is 5.92 Å². The smallest absolute Gasteiger partial charge is 0.422 e. The predicted molar refractivity (Wildman–Crippen MR) is 70.1 cm³/mol. The zero-order chi connectivity index (χ0) is 15.5. The van der Waals surface area contributed by atoms with Crippen LogP contribution in [-0.2, 0) is 0 Å². The molecular weight excluding hydrogens is 285 g/mol. The highest BCUT2D eigenvalue weighted by molar-refractivity contribution is 5.96. The number of piperidine rings is 1. The number of carbonyl (C=O) groups excluding carboxylic acids is 1. The summed E-state index contributed by atoms with van der Waals surface area (Å²) in [6.07, 6.45) is -1.37. The first kappa shape index (κ1) is 15.6. The van der Waals surface area contributed by atoms with Gasteiger partial charge < -0.3 is 9.64 Å². The molecule has 4 nitrogen and oxygen atoms in total. The van der Waals surface area contributed by atoms with Crippen molar-refractivity contribution in [1.29, 1.82) is 0 Å². The summed E-state index contributed by atoms with van der Waals surface area (Å²) < 4.78 is 41.3. The molecule has 0 unspecified atom stereocenters. The van der Waals surface area contributed by atoms with Crippen molar-refractivity contribution in [2.75, 3.05) is 19.7 Å². The van der Waals surface area contributed by atoms with Crippen LogP contribution in [0.1, 0.15) is 30.1 Å². The molecule has 2 rings (SSSR count). The van der Waals surface area contributed by atoms with E-state index >= 15 is 0 Å². The molecule has 0 spiro atoms. The van der Waals surface area contributed by atoms with Gasteiger partial charge in [-0.05, 0) is 30.9 Å². The van der Waals surface area contributed by atoms with E-state index in [2.05, 4.69) is 16.6 Å². The van der Waals surface area contributed by atoms with Crippen molar-refractivity contribution in [3.05, 3.63) is 23.9 Å². The number of hydrogen-bond acceptors (Lipinski definition) is 3. The maximum atomic E-state index is 12.4. The van der Waals surface area contributed by atoms with E-state index in [9.17, 15) is 18.0 Å². The van der Waals surface area contributed by atoms with Crippen molar-refractivity contribution in [3.8, 4) is 5.88 Å². The number of ether oxygens (including phenoxy) is 1. The number of carbonyl (C=O) groups is 1. The Bertz CT molecular complexity index is 497. The molecule has 7 heteroatoms. The molecule has 1 aliphatic heterocycles. The SMILES string of the molecule is CC1CCN(C(=O)c2cccnc2OCC(F)(F)F)CC1. The maximum Gasteiger partial charge on any atom is 0.422 e. The molecule has 0 saturated carbocycles. The summed E-state index contributed by atoms with van der Waals surface area (Å²) in [5.74, 6) is -0.0329. The fraction of sp³-hybridized carbons (Fsp3) is 0.571. The number of amides is 1. The number of likely N-dealkylation sites (tertiary alicyclic amines) is 1. The van der Waals surface area contributed by atoms with Gasteiger partial charge in [0.25, 0.3) is 5.91 Å². The summed E-state index contributed by atoms with van der Waals surface area (Å²) in [5.41, 5.74) is 0.0799. The highest BCUT2D eigenvalue weighted by atomic mass is 19.4. The zero-order valence-electron chi connectivity index (χ0n) is 11.7. The van der Waals surface area contributed by atoms with Crippen LogP contribution in [0.25, 0.3) is 0 Å². The Morgan fingerprint density at radius 3 is 2.71 bits per heavy atom. The summed E-state index contributed by atoms with van der Waals surface area (Å²) >= 11 is 0. The number of aromatic nitrogens is 1. The second-order valence-corrected chi connectivity index (χ2v) is 5.23. The van der Waals surface area contributed by atoms with E-state index in [1.54, 1.807) is 4.90 Å². The topological polar surface area (TPSA) is 42.4 Å². The Morgan fingerprint density at radius 1 is 1.43 bits per heavy atom. The molecule has 1 fully saturated rings. The van der Waals surface area contributed by atoms with E-state index in [4.69, 9.17) is 0 Å². The number of hydrogen-bond donors (Lipinski definition) is 0. The van der Waals surface area contributed by atoms with Crippen LogP contribution in [0.4, 0.5) is 13.2 Å². The lowest BCUT2D eigenvalue weighted by Crippen LogP contribution is -2.38. The highest BCUT2D eigenvalue weighted by Gasteiger charge is 2.30. The Balaban J connectivity index is 2.10. The van der Waals surface area contributed by atoms with Crippen molar-refractivity contribution < 1.29 is 22.7 Å². The molecule has 0 N–H and O–H groups in total. The Morgan fingerprint density at radius 2 is 2.10 bits per heavy atom. The molecule has 0 aliphatic carbocycles. The molecule has 1 aromatic heterocycles. The van der Waals surface area contributed by atoms with Crippen molar-refractivity contribution in [3.63, 3.8) is 0 Å². The minimum absolute atomic E-state index is 0.0799. The van der Waals surface area contributed by atoms with E-state index in [1.165, 1.54) is 18.3 Å². The van der Waals surface area contributed by atoms with E-state index in [1.807, 2.05) is 0 Å². The van der Waals surface area contributed by atoms with Gasteiger partial charge in [0.1, 0.15) is 5.56 Å². The van der Waals surface area contributed by atoms with E-state index in [0.717, 1.165) is 12.8 Å². The minimum atomic E-state index is -4.46. The Kier molecular flexibility index (Phi) is 4.69. The second-order valence-electron chi connectivity index (χ2n) is 5.23. The molecule has 0 radical (unpaired) electrons. The lowest BCUT2D eigenvalue weighted by Gasteiger charge is -2.30. The molecule has 1 aromatic rings. The molecule has 1 saturated heterocycles. The fourth-order valence-electron chi connectivity index (χ4n) is 2.20. The summed E-state index contributed by atoms with van der Waals surface area (Å²) in [4.78, 5) is 17.8. The third-order valence-electron chi connectivity index (χ3n) is 3.44. The van der Waals surface area contributed by atoms with Crippen LogP contribution in [-0.4, -0.2) is 41.7 Å². The van der Waals surface area contributed by atoms with E-state index in [-0.39, 0.29) is 17.4 Å². The van der Waals surface area contributed by atoms with Gasteiger partial charge >= 0.3 is 6.18 Å². The molecule has 0 bridgehead atoms. The van der Waals surface area contributed by atoms with Gasteiger partial charge in [0.15, 0.2) is 6.61 Å². The number of halogens is 3. The fourth-order valence-corrected chi connectivity index (χ4v) is 2.20. The van der Waals surface area contributed by atoms with Crippen molar-refractivity contribution >= 4 is 5.91 Å². The van der Waals surface area contributed by atoms with Gasteiger partial charge in [-0.2, -0.15) is 13.2 Å². The first-order valence-corrected chi connectivity index (χ1v) is 6.80. The largest absolute Gasteiger partial charge is 0.467 e. The van der Waals surface area contributed by atoms with Crippen molar-refractivity contribution in [1.82, 2.24) is 9.88 Å². The van der Waals surface area contributed by atoms with Gasteiger partial charge in [0, 0.05) is 19.3 Å². The molecule has 2 heterocycles. The van der Waals surface area contributed by atoms with E-state index < -0.39 is 12.8 Å². The quantitative estimate of drug-likeness (QED) is 0.862. The van der Waals surface area contributed by atoms with Crippen LogP contribution in [0.5, 0.6) is 5.88 Å². The maximum absolute atomic E-state index is 12.4. The summed E-state index contributed by atoms with van der Waals surface area (Å²) in [6.45, 7) is 1.87. The summed E-state index contributed by atoms with van der Waals surface area (Å²) in [5, 5.41) is 0.